The number of rotatable bonds is 4. The van der Waals surface area contributed by atoms with E-state index in [1.807, 2.05) is 52.5 Å². The maximum Gasteiger partial charge on any atom is 0.496 e. The number of hydrogen-bond donors (Lipinski definition) is 0. The molecular weight excluding hydrogens is 450 g/mol. The minimum absolute atomic E-state index is 0.295. The third-order valence-electron chi connectivity index (χ3n) is 7.85. The third-order valence-corrected chi connectivity index (χ3v) is 7.85. The van der Waals surface area contributed by atoms with Crippen molar-refractivity contribution in [3.05, 3.63) is 48.5 Å². The molecule has 8 heteroatoms. The second-order valence-electron chi connectivity index (χ2n) is 12.1. The van der Waals surface area contributed by atoms with Gasteiger partial charge in [-0.2, -0.15) is 0 Å². The fourth-order valence-electron chi connectivity index (χ4n) is 4.13. The summed E-state index contributed by atoms with van der Waals surface area (Å²) in [5.41, 5.74) is 3.26. The van der Waals surface area contributed by atoms with Crippen LogP contribution in [-0.4, -0.2) is 64.8 Å². The molecule has 0 atom stereocenters. The second-order valence-corrected chi connectivity index (χ2v) is 12.1. The van der Waals surface area contributed by atoms with Gasteiger partial charge in [0.1, 0.15) is 0 Å². The summed E-state index contributed by atoms with van der Waals surface area (Å²) < 4.78 is 24.4. The van der Waals surface area contributed by atoms with Gasteiger partial charge >= 0.3 is 14.2 Å². The molecule has 0 amide bonds. The molecule has 0 saturated carbocycles. The van der Waals surface area contributed by atoms with Gasteiger partial charge in [0.15, 0.2) is 0 Å². The molecule has 6 nitrogen and oxygen atoms in total. The lowest BCUT2D eigenvalue weighted by atomic mass is 9.77. The Labute approximate surface area is 219 Å². The van der Waals surface area contributed by atoms with E-state index < -0.39 is 0 Å². The molecule has 0 unspecified atom stereocenters. The Morgan fingerprint density at radius 1 is 0.472 bits per heavy atom. The highest BCUT2D eigenvalue weighted by molar-refractivity contribution is 6.64. The smallest absolute Gasteiger partial charge is 0.399 e. The lowest BCUT2D eigenvalue weighted by Crippen LogP contribution is -2.41. The van der Waals surface area contributed by atoms with Gasteiger partial charge in [-0.1, -0.05) is 36.4 Å². The van der Waals surface area contributed by atoms with E-state index in [1.165, 1.54) is 0 Å². The fourth-order valence-corrected chi connectivity index (χ4v) is 4.13. The molecule has 0 spiro atoms. The molecule has 36 heavy (non-hydrogen) atoms. The zero-order chi connectivity index (χ0) is 27.1. The predicted molar refractivity (Wildman–Crippen MR) is 153 cm³/mol. The predicted octanol–water partition coefficient (Wildman–Crippen LogP) is 4.10. The average Bonchev–Trinajstić information content (AvgIpc) is 3.13. The van der Waals surface area contributed by atoms with Crippen LogP contribution in [-0.2, 0) is 18.6 Å². The SMILES string of the molecule is CN(C)c1ccccc1B1OC(C)(C)C(C)(C)O1.CN(C)c1ccccc1B1OC(C)(C)C(C)(C)O1. The molecule has 196 valence electrons. The molecule has 2 fully saturated rings. The van der Waals surface area contributed by atoms with Crippen molar-refractivity contribution >= 4 is 36.5 Å². The summed E-state index contributed by atoms with van der Waals surface area (Å²) in [6.07, 6.45) is 0. The average molecular weight is 494 g/mol. The van der Waals surface area contributed by atoms with E-state index in [1.54, 1.807) is 0 Å². The lowest BCUT2D eigenvalue weighted by Gasteiger charge is -2.32. The highest BCUT2D eigenvalue weighted by Crippen LogP contribution is 2.38. The van der Waals surface area contributed by atoms with Crippen LogP contribution >= 0.6 is 0 Å². The van der Waals surface area contributed by atoms with Crippen LogP contribution in [0.2, 0.25) is 0 Å². The van der Waals surface area contributed by atoms with Gasteiger partial charge in [-0.15, -0.1) is 0 Å². The number of para-hydroxylation sites is 2. The van der Waals surface area contributed by atoms with E-state index in [9.17, 15) is 0 Å². The first kappa shape index (κ1) is 28.6. The number of hydrogen-bond acceptors (Lipinski definition) is 6. The standard InChI is InChI=1S/2C14H22BNO2/c2*1-13(2)14(3,4)18-15(17-13)11-9-7-8-10-12(11)16(5)6/h2*7-10H,1-6H3. The lowest BCUT2D eigenvalue weighted by molar-refractivity contribution is 0.00578. The Morgan fingerprint density at radius 2 is 0.722 bits per heavy atom. The van der Waals surface area contributed by atoms with Crippen LogP contribution in [0.25, 0.3) is 0 Å². The molecule has 4 rings (SSSR count). The van der Waals surface area contributed by atoms with Crippen molar-refractivity contribution in [2.24, 2.45) is 0 Å². The first-order valence-corrected chi connectivity index (χ1v) is 12.7. The van der Waals surface area contributed by atoms with Crippen molar-refractivity contribution in [3.8, 4) is 0 Å². The maximum absolute atomic E-state index is 6.09. The van der Waals surface area contributed by atoms with E-state index in [0.29, 0.717) is 0 Å². The molecule has 2 aliphatic heterocycles. The summed E-state index contributed by atoms with van der Waals surface area (Å²) in [4.78, 5) is 4.17. The van der Waals surface area contributed by atoms with Crippen molar-refractivity contribution in [2.45, 2.75) is 77.8 Å². The molecule has 2 saturated heterocycles. The summed E-state index contributed by atoms with van der Waals surface area (Å²) >= 11 is 0. The summed E-state index contributed by atoms with van der Waals surface area (Å²) in [5.74, 6) is 0. The van der Waals surface area contributed by atoms with Gasteiger partial charge in [0.05, 0.1) is 22.4 Å². The maximum atomic E-state index is 6.09. The summed E-state index contributed by atoms with van der Waals surface area (Å²) in [7, 11) is 7.53. The Balaban J connectivity index is 0.000000201. The van der Waals surface area contributed by atoms with Gasteiger partial charge in [-0.05, 0) is 67.5 Å². The van der Waals surface area contributed by atoms with Gasteiger partial charge < -0.3 is 28.4 Å². The van der Waals surface area contributed by atoms with Crippen molar-refractivity contribution in [2.75, 3.05) is 38.0 Å². The van der Waals surface area contributed by atoms with Crippen LogP contribution < -0.4 is 20.7 Å². The largest absolute Gasteiger partial charge is 0.496 e. The molecule has 0 bridgehead atoms. The van der Waals surface area contributed by atoms with Gasteiger partial charge in [0.25, 0.3) is 0 Å². The molecule has 2 aliphatic rings. The zero-order valence-corrected chi connectivity index (χ0v) is 24.3. The van der Waals surface area contributed by atoms with Gasteiger partial charge in [0.2, 0.25) is 0 Å². The van der Waals surface area contributed by atoms with E-state index in [4.69, 9.17) is 18.6 Å². The Bertz CT molecular complexity index is 938. The summed E-state index contributed by atoms with van der Waals surface area (Å²) in [5, 5.41) is 0. The van der Waals surface area contributed by atoms with Crippen LogP contribution in [0.15, 0.2) is 48.5 Å². The van der Waals surface area contributed by atoms with E-state index in [2.05, 4.69) is 89.5 Å². The van der Waals surface area contributed by atoms with Crippen LogP contribution in [0.5, 0.6) is 0 Å². The molecule has 2 aromatic carbocycles. The molecule has 0 N–H and O–H groups in total. The molecule has 2 heterocycles. The minimum Gasteiger partial charge on any atom is -0.399 e. The number of nitrogens with zero attached hydrogens (tertiary/aromatic N) is 2. The summed E-state index contributed by atoms with van der Waals surface area (Å²) in [6, 6.07) is 16.4. The van der Waals surface area contributed by atoms with E-state index in [0.717, 1.165) is 22.3 Å². The molecule has 2 aromatic rings. The molecule has 0 radical (unpaired) electrons. The molecular formula is C28H44B2N2O4. The van der Waals surface area contributed by atoms with Crippen LogP contribution in [0.4, 0.5) is 11.4 Å². The van der Waals surface area contributed by atoms with Gasteiger partial charge in [-0.3, -0.25) is 0 Å². The Morgan fingerprint density at radius 3 is 0.972 bits per heavy atom. The Kier molecular flexibility index (Phi) is 7.98. The zero-order valence-electron chi connectivity index (χ0n) is 24.3. The van der Waals surface area contributed by atoms with Crippen molar-refractivity contribution in [3.63, 3.8) is 0 Å². The van der Waals surface area contributed by atoms with Crippen molar-refractivity contribution < 1.29 is 18.6 Å². The Hall–Kier alpha value is -1.99. The second kappa shape index (κ2) is 10.1. The molecule has 0 aromatic heterocycles. The quantitative estimate of drug-likeness (QED) is 0.597. The van der Waals surface area contributed by atoms with Crippen molar-refractivity contribution in [1.29, 1.82) is 0 Å². The first-order valence-electron chi connectivity index (χ1n) is 12.7. The van der Waals surface area contributed by atoms with Gasteiger partial charge in [0, 0.05) is 50.5 Å². The summed E-state index contributed by atoms with van der Waals surface area (Å²) in [6.45, 7) is 16.6. The van der Waals surface area contributed by atoms with Gasteiger partial charge in [-0.25, -0.2) is 0 Å². The highest BCUT2D eigenvalue weighted by atomic mass is 16.7. The van der Waals surface area contributed by atoms with Crippen LogP contribution in [0.1, 0.15) is 55.4 Å². The van der Waals surface area contributed by atoms with Crippen LogP contribution in [0.3, 0.4) is 0 Å². The number of benzene rings is 2. The van der Waals surface area contributed by atoms with Crippen molar-refractivity contribution in [1.82, 2.24) is 0 Å². The monoisotopic (exact) mass is 494 g/mol. The number of anilines is 2. The van der Waals surface area contributed by atoms with Crippen LogP contribution in [0, 0.1) is 0 Å². The van der Waals surface area contributed by atoms with E-state index >= 15 is 0 Å². The normalized spacial score (nSPS) is 21.1. The molecule has 0 aliphatic carbocycles. The topological polar surface area (TPSA) is 43.4 Å². The first-order chi connectivity index (χ1) is 16.5. The highest BCUT2D eigenvalue weighted by Gasteiger charge is 2.53. The third kappa shape index (κ3) is 5.62. The fraction of sp³-hybridized carbons (Fsp3) is 0.571. The van der Waals surface area contributed by atoms with E-state index in [-0.39, 0.29) is 36.6 Å². The minimum atomic E-state index is -0.298.